The van der Waals surface area contributed by atoms with E-state index in [2.05, 4.69) is 38.2 Å². The van der Waals surface area contributed by atoms with Crippen LogP contribution in [0.1, 0.15) is 27.8 Å². The molecule has 0 amide bonds. The van der Waals surface area contributed by atoms with Crippen molar-refractivity contribution in [1.82, 2.24) is 0 Å². The van der Waals surface area contributed by atoms with E-state index in [0.29, 0.717) is 45.1 Å². The maximum absolute atomic E-state index is 12.4. The van der Waals surface area contributed by atoms with E-state index in [9.17, 15) is 19.2 Å². The van der Waals surface area contributed by atoms with Crippen molar-refractivity contribution in [3.8, 4) is 34.8 Å². The molecule has 0 N–H and O–H groups in total. The number of benzene rings is 3. The highest BCUT2D eigenvalue weighted by Crippen LogP contribution is 2.32. The van der Waals surface area contributed by atoms with Crippen molar-refractivity contribution >= 4 is 30.0 Å². The molecule has 0 bridgehead atoms. The molecule has 46 heavy (non-hydrogen) atoms. The van der Waals surface area contributed by atoms with Crippen LogP contribution < -0.4 is 18.9 Å². The van der Waals surface area contributed by atoms with Crippen LogP contribution in [-0.4, -0.2) is 30.5 Å². The van der Waals surface area contributed by atoms with Crippen molar-refractivity contribution in [3.63, 3.8) is 0 Å². The van der Waals surface area contributed by atoms with E-state index in [1.807, 2.05) is 0 Å². The molecule has 9 heteroatoms. The first-order valence-electron chi connectivity index (χ1n) is 13.7. The lowest BCUT2D eigenvalue weighted by molar-refractivity contribution is -0.139. The molecule has 3 aromatic rings. The minimum Gasteiger partial charge on any atom is -0.490 e. The van der Waals surface area contributed by atoms with Gasteiger partial charge in [0.05, 0.1) is 0 Å². The topological polar surface area (TPSA) is 114 Å². The third-order valence-electron chi connectivity index (χ3n) is 5.98. The summed E-state index contributed by atoms with van der Waals surface area (Å²) >= 11 is 0. The summed E-state index contributed by atoms with van der Waals surface area (Å²) in [6, 6.07) is 14.7. The predicted molar refractivity (Wildman–Crippen MR) is 172 cm³/mol. The second-order valence-corrected chi connectivity index (χ2v) is 9.10. The number of hydrogen-bond acceptors (Lipinski definition) is 9. The minimum atomic E-state index is -0.699. The highest BCUT2D eigenvalue weighted by Gasteiger charge is 2.18. The zero-order chi connectivity index (χ0) is 33.5. The van der Waals surface area contributed by atoms with Gasteiger partial charge >= 0.3 is 23.9 Å². The fourth-order valence-corrected chi connectivity index (χ4v) is 3.72. The second-order valence-electron chi connectivity index (χ2n) is 9.10. The van der Waals surface area contributed by atoms with E-state index in [1.54, 1.807) is 73.7 Å². The molecule has 0 fully saturated rings. The number of esters is 4. The first kappa shape index (κ1) is 34.1. The molecule has 232 valence electrons. The van der Waals surface area contributed by atoms with Gasteiger partial charge in [0, 0.05) is 52.1 Å². The Morgan fingerprint density at radius 2 is 1.22 bits per heavy atom. The van der Waals surface area contributed by atoms with Crippen molar-refractivity contribution in [3.05, 3.63) is 139 Å². The molecule has 3 aromatic carbocycles. The number of carbonyl (C=O) groups is 4. The van der Waals surface area contributed by atoms with E-state index >= 15 is 0 Å². The molecule has 0 aromatic heterocycles. The fourth-order valence-electron chi connectivity index (χ4n) is 3.72. The number of rotatable bonds is 13. The largest absolute Gasteiger partial charge is 0.490 e. The molecule has 0 unspecified atom stereocenters. The summed E-state index contributed by atoms with van der Waals surface area (Å²) in [5, 5.41) is 0. The van der Waals surface area contributed by atoms with Crippen LogP contribution in [0.2, 0.25) is 0 Å². The van der Waals surface area contributed by atoms with Gasteiger partial charge in [-0.1, -0.05) is 44.2 Å². The normalized spacial score (nSPS) is 10.0. The van der Waals surface area contributed by atoms with Crippen LogP contribution in [0.25, 0.3) is 6.08 Å². The molecule has 3 rings (SSSR count). The average molecular weight is 619 g/mol. The van der Waals surface area contributed by atoms with Crippen LogP contribution in [0, 0.1) is 18.8 Å². The van der Waals surface area contributed by atoms with Crippen molar-refractivity contribution in [2.75, 3.05) is 6.61 Å². The quantitative estimate of drug-likeness (QED) is 0.0986. The maximum Gasteiger partial charge on any atom is 0.335 e. The summed E-state index contributed by atoms with van der Waals surface area (Å²) < 4.78 is 26.9. The average Bonchev–Trinajstić information content (AvgIpc) is 3.07. The Morgan fingerprint density at radius 3 is 1.78 bits per heavy atom. The highest BCUT2D eigenvalue weighted by molar-refractivity contribution is 5.86. The van der Waals surface area contributed by atoms with Gasteiger partial charge in [0.15, 0.2) is 0 Å². The van der Waals surface area contributed by atoms with E-state index in [4.69, 9.17) is 23.7 Å². The zero-order valence-corrected chi connectivity index (χ0v) is 25.1. The predicted octanol–water partition coefficient (Wildman–Crippen LogP) is 5.99. The maximum atomic E-state index is 12.4. The van der Waals surface area contributed by atoms with Gasteiger partial charge in [0.25, 0.3) is 0 Å². The van der Waals surface area contributed by atoms with Gasteiger partial charge in [-0.3, -0.25) is 0 Å². The number of ether oxygens (including phenoxy) is 5. The molecular formula is C37H30O9. The summed E-state index contributed by atoms with van der Waals surface area (Å²) in [5.74, 6) is 4.99. The standard InChI is InChI=1S/C37H30O9/c1-6-33(38)43-24-28-23-27(15-12-26-13-16-30(17-14-26)44-34(39)7-2)25(5)37(46-36(41)9-4)32(28)11-10-22-42-29-18-20-31(21-19-29)45-35(40)8-3/h6-11,13-14,16-21,23H,1-4,22,24H2,5H3/b11-10+. The molecule has 0 saturated carbocycles. The van der Waals surface area contributed by atoms with Gasteiger partial charge in [0.2, 0.25) is 0 Å². The summed E-state index contributed by atoms with van der Waals surface area (Å²) in [6.45, 7) is 15.3. The van der Waals surface area contributed by atoms with Gasteiger partial charge in [0.1, 0.15) is 36.2 Å². The van der Waals surface area contributed by atoms with Crippen molar-refractivity contribution < 1.29 is 42.9 Å². The Balaban J connectivity index is 1.95. The molecular weight excluding hydrogens is 588 g/mol. The van der Waals surface area contributed by atoms with Crippen LogP contribution in [0.15, 0.2) is 111 Å². The molecule has 0 aliphatic heterocycles. The van der Waals surface area contributed by atoms with E-state index in [-0.39, 0.29) is 19.0 Å². The number of hydrogen-bond donors (Lipinski definition) is 0. The Kier molecular flexibility index (Phi) is 12.6. The molecule has 0 spiro atoms. The first-order chi connectivity index (χ1) is 22.2. The summed E-state index contributed by atoms with van der Waals surface area (Å²) in [7, 11) is 0. The molecule has 0 saturated heterocycles. The molecule has 0 radical (unpaired) electrons. The first-order valence-corrected chi connectivity index (χ1v) is 13.7. The summed E-state index contributed by atoms with van der Waals surface area (Å²) in [6.07, 6.45) is 7.56. The van der Waals surface area contributed by atoms with Crippen molar-refractivity contribution in [2.45, 2.75) is 13.5 Å². The van der Waals surface area contributed by atoms with Gasteiger partial charge in [-0.25, -0.2) is 19.2 Å². The van der Waals surface area contributed by atoms with Crippen LogP contribution in [0.3, 0.4) is 0 Å². The minimum absolute atomic E-state index is 0.116. The molecule has 9 nitrogen and oxygen atoms in total. The zero-order valence-electron chi connectivity index (χ0n) is 25.1. The lowest BCUT2D eigenvalue weighted by Gasteiger charge is -2.16. The van der Waals surface area contributed by atoms with Crippen molar-refractivity contribution in [2.24, 2.45) is 0 Å². The Labute approximate surface area is 266 Å². The molecule has 0 atom stereocenters. The molecule has 0 aliphatic rings. The second kappa shape index (κ2) is 17.0. The molecule has 0 heterocycles. The van der Waals surface area contributed by atoms with E-state index in [0.717, 1.165) is 24.3 Å². The number of carbonyl (C=O) groups excluding carboxylic acids is 4. The monoisotopic (exact) mass is 618 g/mol. The van der Waals surface area contributed by atoms with Gasteiger partial charge < -0.3 is 23.7 Å². The van der Waals surface area contributed by atoms with Gasteiger partial charge in [-0.15, -0.1) is 0 Å². The van der Waals surface area contributed by atoms with Crippen molar-refractivity contribution in [1.29, 1.82) is 0 Å². The fraction of sp³-hybridized carbons (Fsp3) is 0.0811. The lowest BCUT2D eigenvalue weighted by atomic mass is 9.97. The van der Waals surface area contributed by atoms with Gasteiger partial charge in [-0.2, -0.15) is 0 Å². The Bertz CT molecular complexity index is 1750. The SMILES string of the molecule is C=CC(=O)OCc1cc(C#Cc2ccc(OC(=O)C=C)cc2)c(C)c(OC(=O)C=C)c1/C=C/COc1ccc(OC(=O)C=C)cc1. The van der Waals surface area contributed by atoms with Crippen LogP contribution in [-0.2, 0) is 30.5 Å². The van der Waals surface area contributed by atoms with E-state index in [1.165, 1.54) is 0 Å². The Hall–Kier alpha value is -6.40. The summed E-state index contributed by atoms with van der Waals surface area (Å²) in [4.78, 5) is 47.1. The molecule has 0 aliphatic carbocycles. The third kappa shape index (κ3) is 10.1. The van der Waals surface area contributed by atoms with Crippen LogP contribution >= 0.6 is 0 Å². The smallest absolute Gasteiger partial charge is 0.335 e. The highest BCUT2D eigenvalue weighted by atomic mass is 16.5. The lowest BCUT2D eigenvalue weighted by Crippen LogP contribution is -2.10. The summed E-state index contributed by atoms with van der Waals surface area (Å²) in [5.41, 5.74) is 2.62. The third-order valence-corrected chi connectivity index (χ3v) is 5.98. The van der Waals surface area contributed by atoms with E-state index < -0.39 is 23.9 Å². The Morgan fingerprint density at radius 1 is 0.696 bits per heavy atom. The van der Waals surface area contributed by atoms with Crippen LogP contribution in [0.5, 0.6) is 23.0 Å². The van der Waals surface area contributed by atoms with Crippen LogP contribution in [0.4, 0.5) is 0 Å². The van der Waals surface area contributed by atoms with Gasteiger partial charge in [-0.05, 0) is 67.6 Å².